The highest BCUT2D eigenvalue weighted by Gasteiger charge is 1.93. The zero-order chi connectivity index (χ0) is 10.2. The molecule has 1 rings (SSSR count). The van der Waals surface area contributed by atoms with Crippen molar-refractivity contribution in [2.75, 3.05) is 7.05 Å². The van der Waals surface area contributed by atoms with Crippen LogP contribution in [0.5, 0.6) is 0 Å². The van der Waals surface area contributed by atoms with Gasteiger partial charge in [-0.05, 0) is 12.1 Å². The van der Waals surface area contributed by atoms with E-state index < -0.39 is 0 Å². The maximum absolute atomic E-state index is 8.39. The average molecular weight is 183 g/mol. The molecule has 1 aromatic rings. The Kier molecular flexibility index (Phi) is 3.87. The predicted molar refractivity (Wildman–Crippen MR) is 56.5 cm³/mol. The highest BCUT2D eigenvalue weighted by Crippen LogP contribution is 2.18. The van der Waals surface area contributed by atoms with Crippen molar-refractivity contribution in [3.8, 4) is 6.07 Å². The second-order valence-electron chi connectivity index (χ2n) is 2.46. The Hall–Kier alpha value is -2.17. The molecule has 1 aromatic carbocycles. The normalized spacial score (nSPS) is 9.14. The Morgan fingerprint density at radius 2 is 2.14 bits per heavy atom. The summed E-state index contributed by atoms with van der Waals surface area (Å²) in [6.45, 7) is 0. The smallest absolute Gasteiger partial charge is 0.0946 e. The molecule has 0 aliphatic rings. The van der Waals surface area contributed by atoms with Crippen LogP contribution in [0.3, 0.4) is 0 Å². The minimum Gasteiger partial charge on any atom is -0.229 e. The number of nitriles is 1. The first kappa shape index (κ1) is 9.91. The van der Waals surface area contributed by atoms with Gasteiger partial charge in [0.25, 0.3) is 0 Å². The molecule has 0 spiro atoms. The van der Waals surface area contributed by atoms with Gasteiger partial charge < -0.3 is 0 Å². The van der Waals surface area contributed by atoms with Crippen molar-refractivity contribution in [3.05, 3.63) is 35.9 Å². The van der Waals surface area contributed by atoms with E-state index in [1.807, 2.05) is 30.3 Å². The number of allylic oxidation sites excluding steroid dienone is 1. The molecule has 0 fully saturated rings. The van der Waals surface area contributed by atoms with E-state index in [1.165, 1.54) is 6.08 Å². The van der Waals surface area contributed by atoms with Crippen molar-refractivity contribution >= 4 is 17.8 Å². The Balaban J connectivity index is 3.10. The van der Waals surface area contributed by atoms with Gasteiger partial charge in [-0.15, -0.1) is 0 Å². The zero-order valence-electron chi connectivity index (χ0n) is 7.81. The summed E-state index contributed by atoms with van der Waals surface area (Å²) in [5.41, 5.74) is 1.63. The van der Waals surface area contributed by atoms with E-state index in [-0.39, 0.29) is 0 Å². The van der Waals surface area contributed by atoms with Crippen LogP contribution in [0, 0.1) is 11.3 Å². The third-order valence-electron chi connectivity index (χ3n) is 1.54. The highest BCUT2D eigenvalue weighted by molar-refractivity contribution is 5.67. The molecule has 68 valence electrons. The Labute approximate surface area is 82.7 Å². The van der Waals surface area contributed by atoms with Crippen molar-refractivity contribution in [1.29, 1.82) is 5.26 Å². The SMILES string of the molecule is CN=C=Nc1ccccc1/C=C/C#N. The average Bonchev–Trinajstić information content (AvgIpc) is 2.24. The lowest BCUT2D eigenvalue weighted by molar-refractivity contribution is 1.44. The number of hydrogen-bond donors (Lipinski definition) is 0. The monoisotopic (exact) mass is 183 g/mol. The molecule has 0 N–H and O–H groups in total. The molecule has 0 unspecified atom stereocenters. The topological polar surface area (TPSA) is 48.5 Å². The number of rotatable bonds is 2. The van der Waals surface area contributed by atoms with Crippen LogP contribution in [0.4, 0.5) is 5.69 Å². The van der Waals surface area contributed by atoms with Crippen LogP contribution >= 0.6 is 0 Å². The van der Waals surface area contributed by atoms with Crippen LogP contribution in [-0.4, -0.2) is 13.1 Å². The first-order valence-corrected chi connectivity index (χ1v) is 4.08. The second kappa shape index (κ2) is 5.47. The van der Waals surface area contributed by atoms with Crippen molar-refractivity contribution < 1.29 is 0 Å². The van der Waals surface area contributed by atoms with E-state index in [9.17, 15) is 0 Å². The molecule has 0 radical (unpaired) electrons. The molecule has 0 saturated carbocycles. The molecule has 3 nitrogen and oxygen atoms in total. The molecule has 0 aliphatic carbocycles. The maximum atomic E-state index is 8.39. The lowest BCUT2D eigenvalue weighted by atomic mass is 10.2. The number of benzene rings is 1. The van der Waals surface area contributed by atoms with Crippen molar-refractivity contribution in [2.45, 2.75) is 0 Å². The van der Waals surface area contributed by atoms with E-state index >= 15 is 0 Å². The molecule has 3 heteroatoms. The van der Waals surface area contributed by atoms with E-state index in [4.69, 9.17) is 5.26 Å². The molecule has 0 saturated heterocycles. The summed E-state index contributed by atoms with van der Waals surface area (Å²) in [4.78, 5) is 7.65. The third-order valence-corrected chi connectivity index (χ3v) is 1.54. The Morgan fingerprint density at radius 3 is 2.86 bits per heavy atom. The van der Waals surface area contributed by atoms with Gasteiger partial charge in [0.15, 0.2) is 0 Å². The Bertz CT molecular complexity index is 432. The van der Waals surface area contributed by atoms with Crippen molar-refractivity contribution in [3.63, 3.8) is 0 Å². The standard InChI is InChI=1S/C11H9N3/c1-13-9-14-11-7-3-2-5-10(11)6-4-8-12/h2-7H,1H3/b6-4+. The fourth-order valence-electron chi connectivity index (χ4n) is 0.961. The summed E-state index contributed by atoms with van der Waals surface area (Å²) in [5.74, 6) is 0. The van der Waals surface area contributed by atoms with Crippen LogP contribution in [0.1, 0.15) is 5.56 Å². The molecule has 0 heterocycles. The van der Waals surface area contributed by atoms with Crippen LogP contribution in [0.15, 0.2) is 40.3 Å². The lowest BCUT2D eigenvalue weighted by Crippen LogP contribution is -1.72. The lowest BCUT2D eigenvalue weighted by Gasteiger charge is -1.95. The molecular weight excluding hydrogens is 174 g/mol. The van der Waals surface area contributed by atoms with Gasteiger partial charge in [0.2, 0.25) is 0 Å². The van der Waals surface area contributed by atoms with Crippen molar-refractivity contribution in [1.82, 2.24) is 0 Å². The predicted octanol–water partition coefficient (Wildman–Crippen LogP) is 2.66. The van der Waals surface area contributed by atoms with Gasteiger partial charge >= 0.3 is 0 Å². The molecule has 14 heavy (non-hydrogen) atoms. The fraction of sp³-hybridized carbons (Fsp3) is 0.0909. The van der Waals surface area contributed by atoms with E-state index in [0.717, 1.165) is 11.3 Å². The molecule has 0 aromatic heterocycles. The van der Waals surface area contributed by atoms with Gasteiger partial charge in [0.1, 0.15) is 0 Å². The van der Waals surface area contributed by atoms with Gasteiger partial charge in [-0.3, -0.25) is 0 Å². The fourth-order valence-corrected chi connectivity index (χ4v) is 0.961. The first-order valence-electron chi connectivity index (χ1n) is 4.08. The molecular formula is C11H9N3. The maximum Gasteiger partial charge on any atom is 0.0946 e. The van der Waals surface area contributed by atoms with Crippen LogP contribution in [0.25, 0.3) is 6.08 Å². The van der Waals surface area contributed by atoms with Crippen LogP contribution in [-0.2, 0) is 0 Å². The summed E-state index contributed by atoms with van der Waals surface area (Å²) < 4.78 is 0. The number of para-hydroxylation sites is 1. The zero-order valence-corrected chi connectivity index (χ0v) is 7.81. The molecule has 0 bridgehead atoms. The molecule has 0 amide bonds. The summed E-state index contributed by atoms with van der Waals surface area (Å²) in [7, 11) is 1.61. The van der Waals surface area contributed by atoms with Crippen molar-refractivity contribution in [2.24, 2.45) is 9.98 Å². The number of hydrogen-bond acceptors (Lipinski definition) is 3. The summed E-state index contributed by atoms with van der Waals surface area (Å²) >= 11 is 0. The quantitative estimate of drug-likeness (QED) is 0.513. The van der Waals surface area contributed by atoms with E-state index in [1.54, 1.807) is 13.1 Å². The van der Waals surface area contributed by atoms with Gasteiger partial charge in [-0.25, -0.2) is 4.99 Å². The van der Waals surface area contributed by atoms with E-state index in [0.29, 0.717) is 0 Å². The van der Waals surface area contributed by atoms with Gasteiger partial charge in [0.05, 0.1) is 17.8 Å². The number of nitrogens with zero attached hydrogens (tertiary/aromatic N) is 3. The Morgan fingerprint density at radius 1 is 1.36 bits per heavy atom. The minimum atomic E-state index is 0.754. The summed E-state index contributed by atoms with van der Waals surface area (Å²) in [6.07, 6.45) is 3.12. The molecule has 0 atom stereocenters. The number of aliphatic imine (C=N–C) groups is 2. The summed E-state index contributed by atoms with van der Waals surface area (Å²) in [5, 5.41) is 8.39. The first-order chi connectivity index (χ1) is 6.88. The largest absolute Gasteiger partial charge is 0.229 e. The van der Waals surface area contributed by atoms with E-state index in [2.05, 4.69) is 16.0 Å². The molecule has 0 aliphatic heterocycles. The van der Waals surface area contributed by atoms with Gasteiger partial charge in [0, 0.05) is 18.7 Å². The minimum absolute atomic E-state index is 0.754. The van der Waals surface area contributed by atoms with Gasteiger partial charge in [-0.2, -0.15) is 10.3 Å². The second-order valence-corrected chi connectivity index (χ2v) is 2.46. The summed E-state index contributed by atoms with van der Waals surface area (Å²) in [6, 6.07) is 11.9. The third kappa shape index (κ3) is 2.71. The van der Waals surface area contributed by atoms with Gasteiger partial charge in [-0.1, -0.05) is 18.2 Å². The highest BCUT2D eigenvalue weighted by atomic mass is 14.8. The van der Waals surface area contributed by atoms with Crippen LogP contribution < -0.4 is 0 Å². The van der Waals surface area contributed by atoms with Crippen LogP contribution in [0.2, 0.25) is 0 Å².